The minimum Gasteiger partial charge on any atom is -0.474 e. The molecule has 0 saturated heterocycles. The second-order valence-corrected chi connectivity index (χ2v) is 10.8. The normalized spacial score (nSPS) is 22.7. The Morgan fingerprint density at radius 1 is 1.24 bits per heavy atom. The van der Waals surface area contributed by atoms with E-state index < -0.39 is 0 Å². The van der Waals surface area contributed by atoms with E-state index in [-0.39, 0.29) is 17.9 Å². The highest BCUT2D eigenvalue weighted by Gasteiger charge is 2.33. The predicted molar refractivity (Wildman–Crippen MR) is 129 cm³/mol. The van der Waals surface area contributed by atoms with Gasteiger partial charge in [0, 0.05) is 37.0 Å². The average Bonchev–Trinajstić information content (AvgIpc) is 3.44. The van der Waals surface area contributed by atoms with Crippen LogP contribution in [-0.4, -0.2) is 56.8 Å². The molecule has 33 heavy (non-hydrogen) atoms. The number of carbonyl (C=O) groups excluding carboxylic acids is 1. The summed E-state index contributed by atoms with van der Waals surface area (Å²) in [5.74, 6) is 1.30. The van der Waals surface area contributed by atoms with Crippen LogP contribution in [-0.2, 0) is 24.7 Å². The van der Waals surface area contributed by atoms with E-state index in [1.54, 1.807) is 16.0 Å². The van der Waals surface area contributed by atoms with Crippen LogP contribution in [0.3, 0.4) is 0 Å². The third kappa shape index (κ3) is 4.61. The number of aryl methyl sites for hydroxylation is 2. The molecule has 176 valence electrons. The maximum absolute atomic E-state index is 11.7. The molecule has 1 fully saturated rings. The van der Waals surface area contributed by atoms with Crippen LogP contribution < -0.4 is 10.5 Å². The maximum Gasteiger partial charge on any atom is 0.226 e. The standard InChI is InChI=1S/C24H32N6O2S/c1-29(2)16-5-7-17(8-6-16)32-23-22-21-15(11-19(25)31)4-9-18(21)33-24(22)28-20(27-23)10-14-12-26-30(3)13-14/h12-13,15-17H,4-11H2,1-3H3,(H2,25,31)/t15-,16?,17?/m0/s1. The predicted octanol–water partition coefficient (Wildman–Crippen LogP) is 3.17. The van der Waals surface area contributed by atoms with Gasteiger partial charge < -0.3 is 15.4 Å². The number of amides is 1. The highest BCUT2D eigenvalue weighted by molar-refractivity contribution is 7.19. The highest BCUT2D eigenvalue weighted by Crippen LogP contribution is 2.47. The third-order valence-corrected chi connectivity index (χ3v) is 8.19. The minimum absolute atomic E-state index is 0.130. The van der Waals surface area contributed by atoms with E-state index in [0.29, 0.717) is 24.8 Å². The molecule has 0 radical (unpaired) electrons. The number of ether oxygens (including phenoxy) is 1. The van der Waals surface area contributed by atoms with Crippen molar-refractivity contribution in [2.75, 3.05) is 14.1 Å². The zero-order chi connectivity index (χ0) is 23.1. The molecule has 0 aromatic carbocycles. The van der Waals surface area contributed by atoms with Crippen molar-refractivity contribution in [3.05, 3.63) is 34.2 Å². The number of thiophene rings is 1. The Balaban J connectivity index is 1.50. The summed E-state index contributed by atoms with van der Waals surface area (Å²) in [5, 5.41) is 5.28. The van der Waals surface area contributed by atoms with Crippen molar-refractivity contribution in [1.82, 2.24) is 24.6 Å². The van der Waals surface area contributed by atoms with Crippen LogP contribution in [0.25, 0.3) is 10.2 Å². The smallest absolute Gasteiger partial charge is 0.226 e. The number of hydrogen-bond donors (Lipinski definition) is 1. The first kappa shape index (κ1) is 22.3. The number of nitrogens with zero attached hydrogens (tertiary/aromatic N) is 5. The second kappa shape index (κ2) is 9.02. The fourth-order valence-electron chi connectivity index (χ4n) is 5.34. The zero-order valence-corrected chi connectivity index (χ0v) is 20.4. The van der Waals surface area contributed by atoms with E-state index in [9.17, 15) is 4.79 Å². The zero-order valence-electron chi connectivity index (χ0n) is 19.6. The molecule has 3 aromatic rings. The van der Waals surface area contributed by atoms with Crippen LogP contribution in [0.1, 0.15) is 66.3 Å². The Hall–Kier alpha value is -2.52. The van der Waals surface area contributed by atoms with Crippen LogP contribution >= 0.6 is 11.3 Å². The Kier molecular flexibility index (Phi) is 6.09. The van der Waals surface area contributed by atoms with Crippen molar-refractivity contribution in [1.29, 1.82) is 0 Å². The summed E-state index contributed by atoms with van der Waals surface area (Å²) >= 11 is 1.72. The molecule has 5 rings (SSSR count). The molecule has 1 atom stereocenters. The number of carbonyl (C=O) groups is 1. The molecule has 8 nitrogen and oxygen atoms in total. The van der Waals surface area contributed by atoms with Crippen LogP contribution in [0.4, 0.5) is 0 Å². The van der Waals surface area contributed by atoms with Gasteiger partial charge in [0.2, 0.25) is 11.8 Å². The number of rotatable bonds is 7. The van der Waals surface area contributed by atoms with Crippen molar-refractivity contribution in [3.63, 3.8) is 0 Å². The van der Waals surface area contributed by atoms with Crippen molar-refractivity contribution in [2.24, 2.45) is 12.8 Å². The van der Waals surface area contributed by atoms with Gasteiger partial charge in [-0.25, -0.2) is 4.98 Å². The first-order valence-corrected chi connectivity index (χ1v) is 12.6. The SMILES string of the molecule is CN(C)C1CCC(Oc2nc(Cc3cnn(C)c3)nc3sc4c(c23)[C@H](CC(N)=O)CC4)CC1. The van der Waals surface area contributed by atoms with Gasteiger partial charge in [0.25, 0.3) is 0 Å². The van der Waals surface area contributed by atoms with Crippen LogP contribution in [0.2, 0.25) is 0 Å². The molecule has 0 unspecified atom stereocenters. The molecule has 1 saturated carbocycles. The molecule has 3 aromatic heterocycles. The van der Waals surface area contributed by atoms with E-state index in [0.717, 1.165) is 60.1 Å². The van der Waals surface area contributed by atoms with Gasteiger partial charge in [0.05, 0.1) is 11.6 Å². The van der Waals surface area contributed by atoms with E-state index >= 15 is 0 Å². The molecule has 0 spiro atoms. The van der Waals surface area contributed by atoms with Gasteiger partial charge in [-0.05, 0) is 69.7 Å². The molecule has 0 aliphatic heterocycles. The Labute approximate surface area is 198 Å². The fourth-order valence-corrected chi connectivity index (χ4v) is 6.62. The highest BCUT2D eigenvalue weighted by atomic mass is 32.1. The first-order chi connectivity index (χ1) is 15.9. The minimum atomic E-state index is -0.259. The Morgan fingerprint density at radius 2 is 2.03 bits per heavy atom. The summed E-state index contributed by atoms with van der Waals surface area (Å²) < 4.78 is 8.41. The molecule has 1 amide bonds. The molecular weight excluding hydrogens is 436 g/mol. The number of nitrogens with two attached hydrogens (primary N) is 1. The lowest BCUT2D eigenvalue weighted by Crippen LogP contribution is -2.35. The van der Waals surface area contributed by atoms with E-state index in [1.165, 1.54) is 10.4 Å². The Bertz CT molecular complexity index is 1160. The summed E-state index contributed by atoms with van der Waals surface area (Å²) in [7, 11) is 6.21. The second-order valence-electron chi connectivity index (χ2n) is 9.68. The molecule has 2 N–H and O–H groups in total. The average molecular weight is 469 g/mol. The first-order valence-electron chi connectivity index (χ1n) is 11.8. The molecule has 9 heteroatoms. The lowest BCUT2D eigenvalue weighted by Gasteiger charge is -2.32. The molecule has 2 aliphatic carbocycles. The fraction of sp³-hybridized carbons (Fsp3) is 0.583. The van der Waals surface area contributed by atoms with Crippen LogP contribution in [0, 0.1) is 0 Å². The lowest BCUT2D eigenvalue weighted by molar-refractivity contribution is -0.118. The molecule has 0 bridgehead atoms. The van der Waals surface area contributed by atoms with Crippen molar-refractivity contribution in [2.45, 2.75) is 69.4 Å². The van der Waals surface area contributed by atoms with Gasteiger partial charge in [0.15, 0.2) is 0 Å². The van der Waals surface area contributed by atoms with Crippen LogP contribution in [0.5, 0.6) is 5.88 Å². The van der Waals surface area contributed by atoms with Gasteiger partial charge in [-0.3, -0.25) is 9.48 Å². The summed E-state index contributed by atoms with van der Waals surface area (Å²) in [4.78, 5) is 26.1. The number of aromatic nitrogens is 4. The number of hydrogen-bond acceptors (Lipinski definition) is 7. The van der Waals surface area contributed by atoms with Gasteiger partial charge in [-0.15, -0.1) is 11.3 Å². The number of primary amides is 1. The molecule has 2 aliphatic rings. The summed E-state index contributed by atoms with van der Waals surface area (Å²) in [5.41, 5.74) is 7.84. The Morgan fingerprint density at radius 3 is 2.70 bits per heavy atom. The summed E-state index contributed by atoms with van der Waals surface area (Å²) in [6.07, 6.45) is 11.2. The monoisotopic (exact) mass is 468 g/mol. The number of fused-ring (bicyclic) bond motifs is 3. The van der Waals surface area contributed by atoms with E-state index in [1.807, 2.05) is 19.4 Å². The quantitative estimate of drug-likeness (QED) is 0.572. The molecular formula is C24H32N6O2S. The van der Waals surface area contributed by atoms with Crippen molar-refractivity contribution >= 4 is 27.5 Å². The van der Waals surface area contributed by atoms with Crippen LogP contribution in [0.15, 0.2) is 12.4 Å². The maximum atomic E-state index is 11.7. The van der Waals surface area contributed by atoms with E-state index in [2.05, 4.69) is 24.1 Å². The van der Waals surface area contributed by atoms with E-state index in [4.69, 9.17) is 20.4 Å². The topological polar surface area (TPSA) is 99.2 Å². The van der Waals surface area contributed by atoms with Crippen molar-refractivity contribution < 1.29 is 9.53 Å². The molecule has 3 heterocycles. The third-order valence-electron chi connectivity index (χ3n) is 7.03. The van der Waals surface area contributed by atoms with Gasteiger partial charge in [-0.1, -0.05) is 0 Å². The summed E-state index contributed by atoms with van der Waals surface area (Å²) in [6.45, 7) is 0. The lowest BCUT2D eigenvalue weighted by atomic mass is 9.92. The largest absolute Gasteiger partial charge is 0.474 e. The van der Waals surface area contributed by atoms with Crippen molar-refractivity contribution in [3.8, 4) is 5.88 Å². The van der Waals surface area contributed by atoms with Gasteiger partial charge in [-0.2, -0.15) is 10.1 Å². The summed E-state index contributed by atoms with van der Waals surface area (Å²) in [6, 6.07) is 0.613. The van der Waals surface area contributed by atoms with Gasteiger partial charge >= 0.3 is 0 Å². The van der Waals surface area contributed by atoms with Gasteiger partial charge in [0.1, 0.15) is 16.8 Å².